The highest BCUT2D eigenvalue weighted by Gasteiger charge is 2.02. The molecular weight excluding hydrogens is 178 g/mol. The average molecular weight is 197 g/mol. The van der Waals surface area contributed by atoms with Crippen molar-refractivity contribution in [3.8, 4) is 0 Å². The van der Waals surface area contributed by atoms with E-state index in [0.29, 0.717) is 6.04 Å². The quantitative estimate of drug-likeness (QED) is 0.739. The van der Waals surface area contributed by atoms with Crippen LogP contribution in [-0.4, -0.2) is 13.1 Å². The highest BCUT2D eigenvalue weighted by atomic mass is 32.1. The second kappa shape index (κ2) is 6.17. The van der Waals surface area contributed by atoms with Crippen LogP contribution in [0.1, 0.15) is 31.7 Å². The summed E-state index contributed by atoms with van der Waals surface area (Å²) in [6, 6.07) is 2.93. The van der Waals surface area contributed by atoms with Crippen molar-refractivity contribution in [2.45, 2.75) is 38.6 Å². The van der Waals surface area contributed by atoms with Crippen molar-refractivity contribution in [2.75, 3.05) is 7.05 Å². The molecule has 13 heavy (non-hydrogen) atoms. The average Bonchev–Trinajstić information content (AvgIpc) is 2.65. The Hall–Kier alpha value is -0.340. The summed E-state index contributed by atoms with van der Waals surface area (Å²) in [6.07, 6.45) is 5.07. The van der Waals surface area contributed by atoms with Crippen molar-refractivity contribution in [3.63, 3.8) is 0 Å². The summed E-state index contributed by atoms with van der Waals surface area (Å²) in [6.45, 7) is 2.24. The van der Waals surface area contributed by atoms with E-state index < -0.39 is 0 Å². The van der Waals surface area contributed by atoms with Crippen LogP contribution in [-0.2, 0) is 6.42 Å². The molecular formula is C11H19NS. The first kappa shape index (κ1) is 10.7. The Kier molecular flexibility index (Phi) is 5.09. The van der Waals surface area contributed by atoms with Crippen molar-refractivity contribution >= 4 is 11.3 Å². The Morgan fingerprint density at radius 3 is 2.92 bits per heavy atom. The third kappa shape index (κ3) is 3.92. The lowest BCUT2D eigenvalue weighted by Crippen LogP contribution is -2.23. The lowest BCUT2D eigenvalue weighted by Gasteiger charge is -2.12. The van der Waals surface area contributed by atoms with Gasteiger partial charge < -0.3 is 5.32 Å². The van der Waals surface area contributed by atoms with Crippen molar-refractivity contribution in [1.29, 1.82) is 0 Å². The largest absolute Gasteiger partial charge is 0.317 e. The van der Waals surface area contributed by atoms with Crippen LogP contribution in [0, 0.1) is 0 Å². The standard InChI is InChI=1S/C11H19NS/c1-3-11(12-2)6-4-5-10-7-8-13-9-10/h7-9,11-12H,3-6H2,1-2H3. The van der Waals surface area contributed by atoms with Gasteiger partial charge in [-0.15, -0.1) is 0 Å². The van der Waals surface area contributed by atoms with E-state index in [4.69, 9.17) is 0 Å². The molecule has 0 amide bonds. The molecule has 0 aliphatic heterocycles. The van der Waals surface area contributed by atoms with E-state index >= 15 is 0 Å². The molecule has 0 aliphatic rings. The molecule has 1 N–H and O–H groups in total. The van der Waals surface area contributed by atoms with Crippen LogP contribution in [0.5, 0.6) is 0 Å². The molecule has 74 valence electrons. The fourth-order valence-corrected chi connectivity index (χ4v) is 2.24. The van der Waals surface area contributed by atoms with Gasteiger partial charge in [0.1, 0.15) is 0 Å². The molecule has 1 aromatic rings. The van der Waals surface area contributed by atoms with E-state index in [1.54, 1.807) is 11.3 Å². The Morgan fingerprint density at radius 2 is 2.38 bits per heavy atom. The smallest absolute Gasteiger partial charge is 0.00615 e. The van der Waals surface area contributed by atoms with Gasteiger partial charge in [-0.2, -0.15) is 11.3 Å². The van der Waals surface area contributed by atoms with E-state index in [-0.39, 0.29) is 0 Å². The summed E-state index contributed by atoms with van der Waals surface area (Å²) in [7, 11) is 2.05. The predicted octanol–water partition coefficient (Wildman–Crippen LogP) is 3.07. The minimum absolute atomic E-state index is 0.707. The maximum atomic E-state index is 3.33. The second-order valence-electron chi connectivity index (χ2n) is 3.42. The normalized spacial score (nSPS) is 13.1. The van der Waals surface area contributed by atoms with Crippen LogP contribution >= 0.6 is 11.3 Å². The molecule has 1 nitrogen and oxygen atoms in total. The number of rotatable bonds is 6. The summed E-state index contributed by atoms with van der Waals surface area (Å²) in [5.74, 6) is 0. The summed E-state index contributed by atoms with van der Waals surface area (Å²) in [5, 5.41) is 7.74. The minimum Gasteiger partial charge on any atom is -0.317 e. The van der Waals surface area contributed by atoms with Gasteiger partial charge in [0.25, 0.3) is 0 Å². The number of hydrogen-bond donors (Lipinski definition) is 1. The SMILES string of the molecule is CCC(CCCc1ccsc1)NC. The maximum Gasteiger partial charge on any atom is 0.00615 e. The molecule has 1 rings (SSSR count). The van der Waals surface area contributed by atoms with Crippen molar-refractivity contribution in [1.82, 2.24) is 5.32 Å². The molecule has 1 atom stereocenters. The first-order chi connectivity index (χ1) is 6.36. The van der Waals surface area contributed by atoms with Crippen molar-refractivity contribution in [3.05, 3.63) is 22.4 Å². The van der Waals surface area contributed by atoms with E-state index in [2.05, 4.69) is 36.1 Å². The summed E-state index contributed by atoms with van der Waals surface area (Å²) < 4.78 is 0. The van der Waals surface area contributed by atoms with Crippen LogP contribution in [0.4, 0.5) is 0 Å². The minimum atomic E-state index is 0.707. The monoisotopic (exact) mass is 197 g/mol. The Labute approximate surface area is 85.2 Å². The molecule has 0 saturated heterocycles. The fourth-order valence-electron chi connectivity index (χ4n) is 1.54. The van der Waals surface area contributed by atoms with Crippen LogP contribution < -0.4 is 5.32 Å². The third-order valence-electron chi connectivity index (χ3n) is 2.50. The van der Waals surface area contributed by atoms with Crippen LogP contribution in [0.15, 0.2) is 16.8 Å². The summed E-state index contributed by atoms with van der Waals surface area (Å²) >= 11 is 1.79. The van der Waals surface area contributed by atoms with Gasteiger partial charge in [-0.1, -0.05) is 6.92 Å². The molecule has 1 unspecified atom stereocenters. The molecule has 1 aromatic heterocycles. The lowest BCUT2D eigenvalue weighted by molar-refractivity contribution is 0.492. The lowest BCUT2D eigenvalue weighted by atomic mass is 10.1. The topological polar surface area (TPSA) is 12.0 Å². The number of hydrogen-bond acceptors (Lipinski definition) is 2. The van der Waals surface area contributed by atoms with E-state index in [1.807, 2.05) is 0 Å². The molecule has 0 radical (unpaired) electrons. The van der Waals surface area contributed by atoms with Gasteiger partial charge in [0.15, 0.2) is 0 Å². The van der Waals surface area contributed by atoms with Gasteiger partial charge in [-0.05, 0) is 55.1 Å². The van der Waals surface area contributed by atoms with E-state index in [9.17, 15) is 0 Å². The van der Waals surface area contributed by atoms with Crippen LogP contribution in [0.2, 0.25) is 0 Å². The summed E-state index contributed by atoms with van der Waals surface area (Å²) in [5.41, 5.74) is 1.50. The maximum absolute atomic E-state index is 3.33. The third-order valence-corrected chi connectivity index (χ3v) is 3.23. The zero-order valence-electron chi connectivity index (χ0n) is 8.55. The number of nitrogens with one attached hydrogen (secondary N) is 1. The summed E-state index contributed by atoms with van der Waals surface area (Å²) in [4.78, 5) is 0. The zero-order chi connectivity index (χ0) is 9.52. The molecule has 0 saturated carbocycles. The molecule has 0 aromatic carbocycles. The number of aryl methyl sites for hydroxylation is 1. The molecule has 0 fully saturated rings. The molecule has 0 bridgehead atoms. The van der Waals surface area contributed by atoms with Crippen molar-refractivity contribution in [2.24, 2.45) is 0 Å². The zero-order valence-corrected chi connectivity index (χ0v) is 9.36. The van der Waals surface area contributed by atoms with E-state index in [0.717, 1.165) is 0 Å². The fraction of sp³-hybridized carbons (Fsp3) is 0.636. The van der Waals surface area contributed by atoms with Gasteiger partial charge in [0, 0.05) is 6.04 Å². The van der Waals surface area contributed by atoms with Crippen molar-refractivity contribution < 1.29 is 0 Å². The second-order valence-corrected chi connectivity index (χ2v) is 4.20. The van der Waals surface area contributed by atoms with Gasteiger partial charge in [-0.3, -0.25) is 0 Å². The highest BCUT2D eigenvalue weighted by Crippen LogP contribution is 2.11. The predicted molar refractivity (Wildman–Crippen MR) is 60.4 cm³/mol. The Balaban J connectivity index is 2.13. The van der Waals surface area contributed by atoms with Gasteiger partial charge in [0.05, 0.1) is 0 Å². The molecule has 0 aliphatic carbocycles. The van der Waals surface area contributed by atoms with Gasteiger partial charge in [0.2, 0.25) is 0 Å². The van der Waals surface area contributed by atoms with Gasteiger partial charge >= 0.3 is 0 Å². The molecule has 2 heteroatoms. The van der Waals surface area contributed by atoms with Crippen LogP contribution in [0.3, 0.4) is 0 Å². The first-order valence-electron chi connectivity index (χ1n) is 5.05. The first-order valence-corrected chi connectivity index (χ1v) is 5.99. The van der Waals surface area contributed by atoms with E-state index in [1.165, 1.54) is 31.2 Å². The Bertz CT molecular complexity index is 202. The Morgan fingerprint density at radius 1 is 1.54 bits per heavy atom. The number of thiophene rings is 1. The van der Waals surface area contributed by atoms with Gasteiger partial charge in [-0.25, -0.2) is 0 Å². The molecule has 1 heterocycles. The highest BCUT2D eigenvalue weighted by molar-refractivity contribution is 7.07. The molecule has 0 spiro atoms. The van der Waals surface area contributed by atoms with Crippen LogP contribution in [0.25, 0.3) is 0 Å².